The highest BCUT2D eigenvalue weighted by Gasteiger charge is 2.65. The number of halogens is 1. The first-order valence-corrected chi connectivity index (χ1v) is 15.6. The summed E-state index contributed by atoms with van der Waals surface area (Å²) < 4.78 is 4.89. The van der Waals surface area contributed by atoms with Crippen LogP contribution in [0.1, 0.15) is 97.8 Å². The molecule has 0 spiro atoms. The third kappa shape index (κ3) is 6.22. The maximum atomic E-state index is 12.8. The van der Waals surface area contributed by atoms with Crippen LogP contribution in [0.25, 0.3) is 0 Å². The van der Waals surface area contributed by atoms with Crippen LogP contribution in [0.3, 0.4) is 0 Å². The number of ether oxygens (including phenoxy) is 1. The number of rotatable bonds is 10. The summed E-state index contributed by atoms with van der Waals surface area (Å²) in [6.45, 7) is 7.34. The van der Waals surface area contributed by atoms with Crippen molar-refractivity contribution < 1.29 is 29.6 Å². The van der Waals surface area contributed by atoms with Crippen LogP contribution in [-0.4, -0.2) is 65.2 Å². The van der Waals surface area contributed by atoms with E-state index in [-0.39, 0.29) is 70.9 Å². The lowest BCUT2D eigenvalue weighted by atomic mass is 9.43. The van der Waals surface area contributed by atoms with Gasteiger partial charge in [0.25, 0.3) is 0 Å². The highest BCUT2D eigenvalue weighted by atomic mass is 35.5. The van der Waals surface area contributed by atoms with E-state index in [0.29, 0.717) is 38.1 Å². The normalized spacial score (nSPS) is 41.9. The minimum absolute atomic E-state index is 0. The van der Waals surface area contributed by atoms with E-state index in [4.69, 9.17) is 10.5 Å². The first kappa shape index (κ1) is 33.6. The summed E-state index contributed by atoms with van der Waals surface area (Å²) in [5, 5.41) is 36.4. The van der Waals surface area contributed by atoms with Crippen molar-refractivity contribution in [2.75, 3.05) is 13.7 Å². The van der Waals surface area contributed by atoms with Crippen molar-refractivity contribution in [3.63, 3.8) is 0 Å². The molecule has 4 aliphatic carbocycles. The van der Waals surface area contributed by atoms with Gasteiger partial charge >= 0.3 is 5.97 Å². The van der Waals surface area contributed by atoms with Crippen LogP contribution in [0.2, 0.25) is 0 Å². The molecule has 1 amide bonds. The van der Waals surface area contributed by atoms with Gasteiger partial charge in [-0.1, -0.05) is 20.8 Å². The summed E-state index contributed by atoms with van der Waals surface area (Å²) in [6.07, 6.45) is 8.01. The van der Waals surface area contributed by atoms with Crippen LogP contribution in [0.4, 0.5) is 0 Å². The highest BCUT2D eigenvalue weighted by molar-refractivity contribution is 5.85. The van der Waals surface area contributed by atoms with Crippen molar-refractivity contribution in [1.82, 2.24) is 5.32 Å². The molecule has 0 aromatic rings. The third-order valence-corrected chi connectivity index (χ3v) is 12.1. The number of methoxy groups -OCH3 is 1. The average molecular weight is 587 g/mol. The molecule has 3 unspecified atom stereocenters. The van der Waals surface area contributed by atoms with E-state index in [1.54, 1.807) is 0 Å². The molecule has 0 saturated heterocycles. The standard InChI is InChI=1S/C31H54N2O6.ClH/c1-18(8-11-27(37)33-24(29(38)39-4)7-5-6-14-32)21-9-10-22-28-23(17-26(36)31(21,22)3)30(2)13-12-20(34)15-19(30)16-25(28)35;/h18-26,28,34-36H,5-17,32H2,1-4H3,(H,33,37);1H/t18-,19+,20-,21-,22?,23?,24+,25-,26+,28?,30+,31-;/m1./s1. The number of nitrogens with one attached hydrogen (secondary N) is 1. The Labute approximate surface area is 247 Å². The quantitative estimate of drug-likeness (QED) is 0.194. The molecule has 0 aromatic carbocycles. The van der Waals surface area contributed by atoms with Gasteiger partial charge in [-0.15, -0.1) is 12.4 Å². The van der Waals surface area contributed by atoms with Crippen LogP contribution in [-0.2, 0) is 14.3 Å². The number of aliphatic hydroxyl groups is 3. The number of fused-ring (bicyclic) bond motifs is 5. The van der Waals surface area contributed by atoms with Crippen LogP contribution < -0.4 is 11.1 Å². The summed E-state index contributed by atoms with van der Waals surface area (Å²) in [5.74, 6) is 0.985. The largest absolute Gasteiger partial charge is 0.467 e. The fourth-order valence-corrected chi connectivity index (χ4v) is 9.84. The first-order chi connectivity index (χ1) is 18.5. The van der Waals surface area contributed by atoms with E-state index in [0.717, 1.165) is 51.4 Å². The Morgan fingerprint density at radius 3 is 2.42 bits per heavy atom. The molecule has 4 saturated carbocycles. The molecule has 40 heavy (non-hydrogen) atoms. The topological polar surface area (TPSA) is 142 Å². The van der Waals surface area contributed by atoms with E-state index >= 15 is 0 Å². The fraction of sp³-hybridized carbons (Fsp3) is 0.935. The van der Waals surface area contributed by atoms with Gasteiger partial charge in [0.2, 0.25) is 5.91 Å². The number of esters is 1. The number of hydrogen-bond acceptors (Lipinski definition) is 7. The maximum absolute atomic E-state index is 12.8. The molecule has 0 aromatic heterocycles. The maximum Gasteiger partial charge on any atom is 0.328 e. The van der Waals surface area contributed by atoms with Crippen molar-refractivity contribution in [2.24, 2.45) is 52.1 Å². The van der Waals surface area contributed by atoms with Crippen LogP contribution in [0.15, 0.2) is 0 Å². The summed E-state index contributed by atoms with van der Waals surface area (Å²) in [7, 11) is 1.34. The zero-order chi connectivity index (χ0) is 28.5. The summed E-state index contributed by atoms with van der Waals surface area (Å²) in [4.78, 5) is 25.0. The summed E-state index contributed by atoms with van der Waals surface area (Å²) >= 11 is 0. The van der Waals surface area contributed by atoms with Crippen LogP contribution >= 0.6 is 12.4 Å². The van der Waals surface area contributed by atoms with Crippen molar-refractivity contribution in [1.29, 1.82) is 0 Å². The van der Waals surface area contributed by atoms with Gasteiger partial charge in [-0.25, -0.2) is 4.79 Å². The van der Waals surface area contributed by atoms with Crippen molar-refractivity contribution in [3.8, 4) is 0 Å². The minimum Gasteiger partial charge on any atom is -0.467 e. The molecular weight excluding hydrogens is 532 g/mol. The summed E-state index contributed by atoms with van der Waals surface area (Å²) in [5.41, 5.74) is 5.35. The van der Waals surface area contributed by atoms with Crippen LogP contribution in [0, 0.1) is 46.3 Å². The highest BCUT2D eigenvalue weighted by Crippen LogP contribution is 2.68. The smallest absolute Gasteiger partial charge is 0.328 e. The second-order valence-electron chi connectivity index (χ2n) is 14.0. The molecule has 9 heteroatoms. The van der Waals surface area contributed by atoms with E-state index in [2.05, 4.69) is 26.1 Å². The molecule has 232 valence electrons. The van der Waals surface area contributed by atoms with E-state index in [9.17, 15) is 24.9 Å². The molecule has 12 atom stereocenters. The SMILES string of the molecule is COC(=O)[C@H](CCCCN)NC(=O)CC[C@@H](C)[C@H]1CCC2C3C(C[C@H](O)[C@@]21C)[C@@]1(C)CC[C@@H](O)C[C@H]1C[C@H]3O.Cl. The number of carbonyl (C=O) groups excluding carboxylic acids is 2. The van der Waals surface area contributed by atoms with Crippen molar-refractivity contribution >= 4 is 24.3 Å². The zero-order valence-corrected chi connectivity index (χ0v) is 25.8. The Bertz CT molecular complexity index is 877. The van der Waals surface area contributed by atoms with Gasteiger partial charge in [-0.2, -0.15) is 0 Å². The number of nitrogens with two attached hydrogens (primary N) is 1. The lowest BCUT2D eigenvalue weighted by molar-refractivity contribution is -0.207. The second-order valence-corrected chi connectivity index (χ2v) is 14.0. The van der Waals surface area contributed by atoms with Gasteiger partial charge in [-0.05, 0) is 124 Å². The Morgan fingerprint density at radius 1 is 1.02 bits per heavy atom. The molecule has 4 aliphatic rings. The molecule has 0 heterocycles. The van der Waals surface area contributed by atoms with Crippen molar-refractivity contribution in [3.05, 3.63) is 0 Å². The van der Waals surface area contributed by atoms with Gasteiger partial charge < -0.3 is 31.1 Å². The predicted octanol–water partition coefficient (Wildman–Crippen LogP) is 3.57. The Hall–Kier alpha value is -0.930. The zero-order valence-electron chi connectivity index (χ0n) is 25.0. The fourth-order valence-electron chi connectivity index (χ4n) is 9.84. The molecule has 8 nitrogen and oxygen atoms in total. The van der Waals surface area contributed by atoms with Crippen molar-refractivity contribution in [2.45, 2.75) is 122 Å². The number of aliphatic hydroxyl groups excluding tert-OH is 3. The molecular formula is C31H55ClN2O6. The lowest BCUT2D eigenvalue weighted by Gasteiger charge is -2.63. The Kier molecular flexibility index (Phi) is 11.4. The van der Waals surface area contributed by atoms with Gasteiger partial charge in [0.1, 0.15) is 6.04 Å². The van der Waals surface area contributed by atoms with Crippen LogP contribution in [0.5, 0.6) is 0 Å². The van der Waals surface area contributed by atoms with E-state index < -0.39 is 18.1 Å². The monoisotopic (exact) mass is 586 g/mol. The lowest BCUT2D eigenvalue weighted by Crippen LogP contribution is -2.62. The molecule has 0 aliphatic heterocycles. The van der Waals surface area contributed by atoms with E-state index in [1.165, 1.54) is 7.11 Å². The van der Waals surface area contributed by atoms with Gasteiger partial charge in [-0.3, -0.25) is 4.79 Å². The third-order valence-electron chi connectivity index (χ3n) is 12.1. The second kappa shape index (κ2) is 13.6. The van der Waals surface area contributed by atoms with E-state index in [1.807, 2.05) is 0 Å². The number of amides is 1. The number of carbonyl (C=O) groups is 2. The molecule has 6 N–H and O–H groups in total. The summed E-state index contributed by atoms with van der Waals surface area (Å²) in [6, 6.07) is -0.645. The molecule has 4 fully saturated rings. The average Bonchev–Trinajstić information content (AvgIpc) is 3.26. The number of hydrogen-bond donors (Lipinski definition) is 5. The Balaban J connectivity index is 0.00000441. The first-order valence-electron chi connectivity index (χ1n) is 15.6. The van der Waals surface area contributed by atoms with Gasteiger partial charge in [0.05, 0.1) is 25.4 Å². The van der Waals surface area contributed by atoms with Gasteiger partial charge in [0, 0.05) is 6.42 Å². The van der Waals surface area contributed by atoms with Gasteiger partial charge in [0.15, 0.2) is 0 Å². The number of unbranched alkanes of at least 4 members (excludes halogenated alkanes) is 1. The Morgan fingerprint density at radius 2 is 1.75 bits per heavy atom. The molecule has 0 bridgehead atoms. The molecule has 4 rings (SSSR count). The minimum atomic E-state index is -0.645. The predicted molar refractivity (Wildman–Crippen MR) is 157 cm³/mol. The molecule has 0 radical (unpaired) electrons.